The van der Waals surface area contributed by atoms with Crippen molar-refractivity contribution in [3.05, 3.63) is 59.7 Å². The fraction of sp³-hybridized carbons (Fsp3) is 0.409. The van der Waals surface area contributed by atoms with Crippen LogP contribution in [0.15, 0.2) is 53.4 Å². The van der Waals surface area contributed by atoms with E-state index in [-0.39, 0.29) is 23.3 Å². The molecule has 156 valence electrons. The van der Waals surface area contributed by atoms with Crippen molar-refractivity contribution in [3.8, 4) is 5.75 Å². The van der Waals surface area contributed by atoms with Crippen LogP contribution in [0.25, 0.3) is 0 Å². The molecule has 6 nitrogen and oxygen atoms in total. The normalized spacial score (nSPS) is 15.8. The highest BCUT2D eigenvalue weighted by Gasteiger charge is 2.28. The molecule has 1 amide bonds. The Morgan fingerprint density at radius 1 is 1.14 bits per heavy atom. The first-order chi connectivity index (χ1) is 13.9. The quantitative estimate of drug-likeness (QED) is 0.693. The molecular formula is C22H28N2O4S. The second-order valence-electron chi connectivity index (χ2n) is 7.48. The zero-order valence-corrected chi connectivity index (χ0v) is 17.7. The molecule has 2 aromatic carbocycles. The number of aryl methyl sites for hydroxylation is 1. The maximum atomic E-state index is 13.0. The first-order valence-electron chi connectivity index (χ1n) is 9.90. The zero-order chi connectivity index (χ0) is 20.9. The molecule has 0 aliphatic heterocycles. The van der Waals surface area contributed by atoms with Crippen LogP contribution in [0.5, 0.6) is 5.75 Å². The number of hydrogen-bond acceptors (Lipinski definition) is 4. The lowest BCUT2D eigenvalue weighted by Gasteiger charge is -2.21. The third-order valence-corrected chi connectivity index (χ3v) is 6.74. The molecule has 0 unspecified atom stereocenters. The predicted molar refractivity (Wildman–Crippen MR) is 112 cm³/mol. The fourth-order valence-corrected chi connectivity index (χ4v) is 4.96. The van der Waals surface area contributed by atoms with Crippen LogP contribution in [-0.2, 0) is 21.2 Å². The Morgan fingerprint density at radius 2 is 1.83 bits per heavy atom. The van der Waals surface area contributed by atoms with E-state index in [1.165, 1.54) is 13.2 Å². The minimum atomic E-state index is -3.87. The number of carbonyl (C=O) groups is 1. The summed E-state index contributed by atoms with van der Waals surface area (Å²) in [5.41, 5.74) is 1.61. The average Bonchev–Trinajstić information content (AvgIpc) is 3.21. The Labute approximate surface area is 172 Å². The smallest absolute Gasteiger partial charge is 0.241 e. The number of rotatable bonds is 8. The summed E-state index contributed by atoms with van der Waals surface area (Å²) in [5, 5.41) is 3.02. The monoisotopic (exact) mass is 416 g/mol. The Balaban J connectivity index is 1.82. The number of ether oxygens (including phenoxy) is 1. The Bertz CT molecular complexity index is 939. The van der Waals surface area contributed by atoms with E-state index in [1.54, 1.807) is 19.1 Å². The molecule has 0 bridgehead atoms. The highest BCUT2D eigenvalue weighted by molar-refractivity contribution is 7.89. The molecular weight excluding hydrogens is 388 g/mol. The summed E-state index contributed by atoms with van der Waals surface area (Å²) in [6, 6.07) is 13.3. The van der Waals surface area contributed by atoms with Crippen LogP contribution >= 0.6 is 0 Å². The van der Waals surface area contributed by atoms with E-state index in [1.807, 2.05) is 30.3 Å². The fourth-order valence-electron chi connectivity index (χ4n) is 3.68. The molecule has 1 fully saturated rings. The third kappa shape index (κ3) is 5.58. The van der Waals surface area contributed by atoms with Gasteiger partial charge in [0.05, 0.1) is 12.0 Å². The summed E-state index contributed by atoms with van der Waals surface area (Å²) in [7, 11) is -2.33. The Kier molecular flexibility index (Phi) is 6.92. The number of methoxy groups -OCH3 is 1. The summed E-state index contributed by atoms with van der Waals surface area (Å²) >= 11 is 0. The Hall–Kier alpha value is -2.38. The SMILES string of the molecule is COc1ccc(S(=O)(=O)N[C@H](Cc2ccccc2)C(=O)NC2CCCC2)cc1C. The van der Waals surface area contributed by atoms with Crippen molar-refractivity contribution in [2.45, 2.75) is 56.0 Å². The number of carbonyl (C=O) groups excluding carboxylic acids is 1. The molecule has 3 rings (SSSR count). The van der Waals surface area contributed by atoms with Gasteiger partial charge >= 0.3 is 0 Å². The molecule has 0 radical (unpaired) electrons. The van der Waals surface area contributed by atoms with Gasteiger partial charge in [-0.2, -0.15) is 4.72 Å². The van der Waals surface area contributed by atoms with Crippen molar-refractivity contribution in [2.24, 2.45) is 0 Å². The molecule has 1 saturated carbocycles. The number of sulfonamides is 1. The van der Waals surface area contributed by atoms with Gasteiger partial charge in [-0.05, 0) is 55.5 Å². The van der Waals surface area contributed by atoms with E-state index in [2.05, 4.69) is 10.0 Å². The maximum absolute atomic E-state index is 13.0. The number of benzene rings is 2. The lowest BCUT2D eigenvalue weighted by atomic mass is 10.1. The molecule has 2 aromatic rings. The second-order valence-corrected chi connectivity index (χ2v) is 9.20. The summed E-state index contributed by atoms with van der Waals surface area (Å²) in [6.45, 7) is 1.78. The topological polar surface area (TPSA) is 84.5 Å². The van der Waals surface area contributed by atoms with Crippen LogP contribution in [0.4, 0.5) is 0 Å². The lowest BCUT2D eigenvalue weighted by molar-refractivity contribution is -0.123. The van der Waals surface area contributed by atoms with E-state index in [0.717, 1.165) is 31.2 Å². The molecule has 0 saturated heterocycles. The van der Waals surface area contributed by atoms with E-state index in [4.69, 9.17) is 4.74 Å². The summed E-state index contributed by atoms with van der Waals surface area (Å²) in [6.07, 6.45) is 4.34. The molecule has 1 atom stereocenters. The van der Waals surface area contributed by atoms with Crippen LogP contribution in [0, 0.1) is 6.92 Å². The molecule has 1 aliphatic rings. The van der Waals surface area contributed by atoms with Gasteiger partial charge in [0.25, 0.3) is 0 Å². The minimum Gasteiger partial charge on any atom is -0.496 e. The van der Waals surface area contributed by atoms with E-state index >= 15 is 0 Å². The van der Waals surface area contributed by atoms with Gasteiger partial charge in [-0.15, -0.1) is 0 Å². The minimum absolute atomic E-state index is 0.113. The zero-order valence-electron chi connectivity index (χ0n) is 16.9. The first-order valence-corrected chi connectivity index (χ1v) is 11.4. The van der Waals surface area contributed by atoms with Crippen LogP contribution in [-0.4, -0.2) is 33.5 Å². The van der Waals surface area contributed by atoms with Gasteiger partial charge in [0.15, 0.2) is 0 Å². The Morgan fingerprint density at radius 3 is 2.45 bits per heavy atom. The largest absolute Gasteiger partial charge is 0.496 e. The second kappa shape index (κ2) is 9.41. The molecule has 0 heterocycles. The van der Waals surface area contributed by atoms with E-state index in [0.29, 0.717) is 11.3 Å². The molecule has 0 aromatic heterocycles. The summed E-state index contributed by atoms with van der Waals surface area (Å²) in [4.78, 5) is 13.0. The average molecular weight is 417 g/mol. The number of amides is 1. The molecule has 7 heteroatoms. The van der Waals surface area contributed by atoms with Crippen molar-refractivity contribution in [1.82, 2.24) is 10.0 Å². The van der Waals surface area contributed by atoms with Crippen LogP contribution in [0.3, 0.4) is 0 Å². The molecule has 1 aliphatic carbocycles. The van der Waals surface area contributed by atoms with Crippen molar-refractivity contribution in [2.75, 3.05) is 7.11 Å². The van der Waals surface area contributed by atoms with Crippen LogP contribution < -0.4 is 14.8 Å². The summed E-state index contributed by atoms with van der Waals surface area (Å²) < 4.78 is 33.8. The van der Waals surface area contributed by atoms with Gasteiger partial charge in [0, 0.05) is 6.04 Å². The number of hydrogen-bond donors (Lipinski definition) is 2. The van der Waals surface area contributed by atoms with Crippen LogP contribution in [0.2, 0.25) is 0 Å². The van der Waals surface area contributed by atoms with E-state index < -0.39 is 16.1 Å². The van der Waals surface area contributed by atoms with E-state index in [9.17, 15) is 13.2 Å². The molecule has 0 spiro atoms. The highest BCUT2D eigenvalue weighted by Crippen LogP contribution is 2.22. The van der Waals surface area contributed by atoms with Gasteiger partial charge in [0.2, 0.25) is 15.9 Å². The highest BCUT2D eigenvalue weighted by atomic mass is 32.2. The van der Waals surface area contributed by atoms with Crippen molar-refractivity contribution < 1.29 is 17.9 Å². The van der Waals surface area contributed by atoms with Gasteiger partial charge < -0.3 is 10.1 Å². The first kappa shape index (κ1) is 21.3. The standard InChI is InChI=1S/C22H28N2O4S/c1-16-14-19(12-13-21(16)28-2)29(26,27)24-20(15-17-8-4-3-5-9-17)22(25)23-18-10-6-7-11-18/h3-5,8-9,12-14,18,20,24H,6-7,10-11,15H2,1-2H3,(H,23,25)/t20-/m1/s1. The van der Waals surface area contributed by atoms with Crippen molar-refractivity contribution in [3.63, 3.8) is 0 Å². The third-order valence-electron chi connectivity index (χ3n) is 5.27. The van der Waals surface area contributed by atoms with Gasteiger partial charge in [0.1, 0.15) is 11.8 Å². The molecule has 29 heavy (non-hydrogen) atoms. The van der Waals surface area contributed by atoms with Crippen molar-refractivity contribution in [1.29, 1.82) is 0 Å². The predicted octanol–water partition coefficient (Wildman–Crippen LogP) is 2.95. The van der Waals surface area contributed by atoms with Crippen molar-refractivity contribution >= 4 is 15.9 Å². The summed E-state index contributed by atoms with van der Waals surface area (Å²) in [5.74, 6) is 0.332. The van der Waals surface area contributed by atoms with Gasteiger partial charge in [-0.25, -0.2) is 8.42 Å². The van der Waals surface area contributed by atoms with Gasteiger partial charge in [-0.3, -0.25) is 4.79 Å². The number of nitrogens with one attached hydrogen (secondary N) is 2. The van der Waals surface area contributed by atoms with Crippen LogP contribution in [0.1, 0.15) is 36.8 Å². The van der Waals surface area contributed by atoms with Gasteiger partial charge in [-0.1, -0.05) is 43.2 Å². The lowest BCUT2D eigenvalue weighted by Crippen LogP contribution is -2.50. The maximum Gasteiger partial charge on any atom is 0.241 e. The molecule has 2 N–H and O–H groups in total.